The average Bonchev–Trinajstić information content (AvgIpc) is 2.47. The standard InChI is InChI=1S/C16H16ClNO2/c1-11(12-7-9-13(20-2)10-8-12)18-16(19)14-5-3-4-6-15(14)17/h3-11H,1-2H3,(H,18,19)/t11-/m1/s1. The monoisotopic (exact) mass is 289 g/mol. The van der Waals surface area contributed by atoms with E-state index in [0.29, 0.717) is 10.6 Å². The molecule has 0 aromatic heterocycles. The van der Waals surface area contributed by atoms with E-state index >= 15 is 0 Å². The maximum Gasteiger partial charge on any atom is 0.253 e. The zero-order chi connectivity index (χ0) is 14.5. The van der Waals surface area contributed by atoms with Gasteiger partial charge in [0.1, 0.15) is 5.75 Å². The first kappa shape index (κ1) is 14.4. The van der Waals surface area contributed by atoms with E-state index in [1.54, 1.807) is 31.4 Å². The molecule has 0 saturated heterocycles. The lowest BCUT2D eigenvalue weighted by Crippen LogP contribution is -2.26. The SMILES string of the molecule is COc1ccc([C@@H](C)NC(=O)c2ccccc2Cl)cc1. The van der Waals surface area contributed by atoms with Crippen LogP contribution in [0.3, 0.4) is 0 Å². The summed E-state index contributed by atoms with van der Waals surface area (Å²) in [5, 5.41) is 3.38. The number of hydrogen-bond donors (Lipinski definition) is 1. The van der Waals surface area contributed by atoms with Gasteiger partial charge in [-0.1, -0.05) is 35.9 Å². The summed E-state index contributed by atoms with van der Waals surface area (Å²) in [6, 6.07) is 14.5. The van der Waals surface area contributed by atoms with Gasteiger partial charge in [-0.05, 0) is 36.8 Å². The van der Waals surface area contributed by atoms with Crippen LogP contribution in [0, 0.1) is 0 Å². The van der Waals surface area contributed by atoms with Crippen LogP contribution < -0.4 is 10.1 Å². The Bertz CT molecular complexity index is 596. The number of halogens is 1. The summed E-state index contributed by atoms with van der Waals surface area (Å²) < 4.78 is 5.11. The van der Waals surface area contributed by atoms with Gasteiger partial charge in [-0.2, -0.15) is 0 Å². The van der Waals surface area contributed by atoms with Gasteiger partial charge in [-0.15, -0.1) is 0 Å². The van der Waals surface area contributed by atoms with Gasteiger partial charge in [0.2, 0.25) is 0 Å². The molecule has 2 aromatic rings. The molecule has 2 rings (SSSR count). The van der Waals surface area contributed by atoms with Gasteiger partial charge in [-0.25, -0.2) is 0 Å². The van der Waals surface area contributed by atoms with E-state index in [2.05, 4.69) is 5.32 Å². The second-order valence-corrected chi connectivity index (χ2v) is 4.86. The molecular weight excluding hydrogens is 274 g/mol. The van der Waals surface area contributed by atoms with Crippen LogP contribution in [0.5, 0.6) is 5.75 Å². The minimum Gasteiger partial charge on any atom is -0.497 e. The van der Waals surface area contributed by atoms with E-state index in [-0.39, 0.29) is 11.9 Å². The molecule has 0 aliphatic rings. The lowest BCUT2D eigenvalue weighted by Gasteiger charge is -2.15. The quantitative estimate of drug-likeness (QED) is 0.929. The fourth-order valence-electron chi connectivity index (χ4n) is 1.90. The van der Waals surface area contributed by atoms with Crippen molar-refractivity contribution in [2.75, 3.05) is 7.11 Å². The summed E-state index contributed by atoms with van der Waals surface area (Å²) in [5.41, 5.74) is 1.49. The highest BCUT2D eigenvalue weighted by atomic mass is 35.5. The van der Waals surface area contributed by atoms with Crippen LogP contribution >= 0.6 is 11.6 Å². The molecule has 0 aliphatic heterocycles. The maximum atomic E-state index is 12.2. The van der Waals surface area contributed by atoms with Crippen molar-refractivity contribution < 1.29 is 9.53 Å². The van der Waals surface area contributed by atoms with Crippen molar-refractivity contribution in [2.45, 2.75) is 13.0 Å². The molecule has 2 aromatic carbocycles. The Morgan fingerprint density at radius 2 is 1.80 bits per heavy atom. The van der Waals surface area contributed by atoms with E-state index in [4.69, 9.17) is 16.3 Å². The Morgan fingerprint density at radius 3 is 2.40 bits per heavy atom. The van der Waals surface area contributed by atoms with Crippen LogP contribution in [0.15, 0.2) is 48.5 Å². The predicted octanol–water partition coefficient (Wildman–Crippen LogP) is 3.84. The van der Waals surface area contributed by atoms with Crippen molar-refractivity contribution in [3.63, 3.8) is 0 Å². The third kappa shape index (κ3) is 3.31. The van der Waals surface area contributed by atoms with Gasteiger partial charge < -0.3 is 10.1 Å². The number of benzene rings is 2. The van der Waals surface area contributed by atoms with Crippen molar-refractivity contribution >= 4 is 17.5 Å². The van der Waals surface area contributed by atoms with Crippen molar-refractivity contribution in [2.24, 2.45) is 0 Å². The molecule has 104 valence electrons. The molecule has 20 heavy (non-hydrogen) atoms. The Morgan fingerprint density at radius 1 is 1.15 bits per heavy atom. The smallest absolute Gasteiger partial charge is 0.253 e. The molecule has 3 nitrogen and oxygen atoms in total. The van der Waals surface area contributed by atoms with Crippen LogP contribution in [0.1, 0.15) is 28.9 Å². The highest BCUT2D eigenvalue weighted by Gasteiger charge is 2.13. The summed E-state index contributed by atoms with van der Waals surface area (Å²) >= 11 is 6.01. The minimum atomic E-state index is -0.182. The van der Waals surface area contributed by atoms with E-state index < -0.39 is 0 Å². The number of amides is 1. The van der Waals surface area contributed by atoms with Crippen molar-refractivity contribution in [1.82, 2.24) is 5.32 Å². The molecular formula is C16H16ClNO2. The fraction of sp³-hybridized carbons (Fsp3) is 0.188. The number of methoxy groups -OCH3 is 1. The zero-order valence-electron chi connectivity index (χ0n) is 11.4. The molecule has 1 atom stereocenters. The van der Waals surface area contributed by atoms with Crippen LogP contribution in [0.25, 0.3) is 0 Å². The average molecular weight is 290 g/mol. The van der Waals surface area contributed by atoms with Crippen LogP contribution in [0.4, 0.5) is 0 Å². The predicted molar refractivity (Wildman–Crippen MR) is 80.3 cm³/mol. The lowest BCUT2D eigenvalue weighted by atomic mass is 10.1. The molecule has 1 amide bonds. The highest BCUT2D eigenvalue weighted by molar-refractivity contribution is 6.33. The van der Waals surface area contributed by atoms with Crippen molar-refractivity contribution in [1.29, 1.82) is 0 Å². The van der Waals surface area contributed by atoms with E-state index in [0.717, 1.165) is 11.3 Å². The van der Waals surface area contributed by atoms with Gasteiger partial charge in [0.25, 0.3) is 5.91 Å². The minimum absolute atomic E-state index is 0.107. The maximum absolute atomic E-state index is 12.2. The molecule has 0 radical (unpaired) electrons. The molecule has 0 unspecified atom stereocenters. The molecule has 0 heterocycles. The van der Waals surface area contributed by atoms with Crippen LogP contribution in [-0.2, 0) is 0 Å². The lowest BCUT2D eigenvalue weighted by molar-refractivity contribution is 0.0940. The van der Waals surface area contributed by atoms with Gasteiger partial charge in [0.05, 0.1) is 23.7 Å². The Balaban J connectivity index is 2.09. The molecule has 0 fully saturated rings. The second kappa shape index (κ2) is 6.44. The zero-order valence-corrected chi connectivity index (χ0v) is 12.1. The molecule has 0 spiro atoms. The summed E-state index contributed by atoms with van der Waals surface area (Å²) in [6.07, 6.45) is 0. The Hall–Kier alpha value is -2.00. The van der Waals surface area contributed by atoms with Crippen LogP contribution in [-0.4, -0.2) is 13.0 Å². The van der Waals surface area contributed by atoms with Gasteiger partial charge >= 0.3 is 0 Å². The number of rotatable bonds is 4. The van der Waals surface area contributed by atoms with E-state index in [9.17, 15) is 4.79 Å². The molecule has 0 bridgehead atoms. The highest BCUT2D eigenvalue weighted by Crippen LogP contribution is 2.19. The Kier molecular flexibility index (Phi) is 4.64. The first-order valence-corrected chi connectivity index (χ1v) is 6.69. The van der Waals surface area contributed by atoms with Gasteiger partial charge in [0.15, 0.2) is 0 Å². The largest absolute Gasteiger partial charge is 0.497 e. The van der Waals surface area contributed by atoms with Gasteiger partial charge in [-0.3, -0.25) is 4.79 Å². The third-order valence-corrected chi connectivity index (χ3v) is 3.41. The normalized spacial score (nSPS) is 11.8. The number of hydrogen-bond acceptors (Lipinski definition) is 2. The van der Waals surface area contributed by atoms with Crippen molar-refractivity contribution in [3.05, 3.63) is 64.7 Å². The molecule has 4 heteroatoms. The first-order chi connectivity index (χ1) is 9.61. The molecule has 0 aliphatic carbocycles. The summed E-state index contributed by atoms with van der Waals surface area (Å²) in [7, 11) is 1.62. The number of nitrogens with one attached hydrogen (secondary N) is 1. The fourth-order valence-corrected chi connectivity index (χ4v) is 2.12. The topological polar surface area (TPSA) is 38.3 Å². The second-order valence-electron chi connectivity index (χ2n) is 4.45. The van der Waals surface area contributed by atoms with Crippen molar-refractivity contribution in [3.8, 4) is 5.75 Å². The molecule has 0 saturated carbocycles. The summed E-state index contributed by atoms with van der Waals surface area (Å²) in [4.78, 5) is 12.2. The van der Waals surface area contributed by atoms with Gasteiger partial charge in [0, 0.05) is 0 Å². The van der Waals surface area contributed by atoms with E-state index in [1.807, 2.05) is 31.2 Å². The molecule has 1 N–H and O–H groups in total. The van der Waals surface area contributed by atoms with Crippen LogP contribution in [0.2, 0.25) is 5.02 Å². The number of carbonyl (C=O) groups excluding carboxylic acids is 1. The number of carbonyl (C=O) groups is 1. The summed E-state index contributed by atoms with van der Waals surface area (Å²) in [5.74, 6) is 0.609. The van der Waals surface area contributed by atoms with E-state index in [1.165, 1.54) is 0 Å². The number of ether oxygens (including phenoxy) is 1. The first-order valence-electron chi connectivity index (χ1n) is 6.31. The third-order valence-electron chi connectivity index (χ3n) is 3.08. The summed E-state index contributed by atoms with van der Waals surface area (Å²) in [6.45, 7) is 1.93. The Labute approximate surface area is 123 Å².